The van der Waals surface area contributed by atoms with Gasteiger partial charge in [0, 0.05) is 30.8 Å². The van der Waals surface area contributed by atoms with E-state index in [0.717, 1.165) is 62.1 Å². The van der Waals surface area contributed by atoms with E-state index in [4.69, 9.17) is 4.98 Å². The summed E-state index contributed by atoms with van der Waals surface area (Å²) in [7, 11) is 0. The lowest BCUT2D eigenvalue weighted by atomic mass is 9.76. The van der Waals surface area contributed by atoms with Crippen LogP contribution < -0.4 is 5.56 Å². The molecule has 1 saturated carbocycles. The van der Waals surface area contributed by atoms with Gasteiger partial charge in [-0.1, -0.05) is 12.5 Å². The van der Waals surface area contributed by atoms with Crippen molar-refractivity contribution >= 4 is 5.65 Å². The van der Waals surface area contributed by atoms with Crippen LogP contribution in [0.15, 0.2) is 29.2 Å². The van der Waals surface area contributed by atoms with Crippen LogP contribution in [-0.4, -0.2) is 38.6 Å². The van der Waals surface area contributed by atoms with E-state index in [0.29, 0.717) is 6.54 Å². The van der Waals surface area contributed by atoms with Gasteiger partial charge in [0.1, 0.15) is 5.65 Å². The first-order valence-electron chi connectivity index (χ1n) is 8.96. The fourth-order valence-corrected chi connectivity index (χ4v) is 4.61. The average Bonchev–Trinajstić information content (AvgIpc) is 2.89. The molecule has 1 spiro atoms. The molecule has 3 heterocycles. The molecule has 0 radical (unpaired) electrons. The molecule has 2 atom stereocenters. The summed E-state index contributed by atoms with van der Waals surface area (Å²) in [5.74, 6) is 0. The first-order valence-corrected chi connectivity index (χ1v) is 8.96. The van der Waals surface area contributed by atoms with Gasteiger partial charge in [-0.25, -0.2) is 4.98 Å². The van der Waals surface area contributed by atoms with E-state index >= 15 is 0 Å². The second-order valence-corrected chi connectivity index (χ2v) is 7.56. The number of aliphatic hydroxyl groups excluding tert-OH is 1. The zero-order chi connectivity index (χ0) is 16.7. The summed E-state index contributed by atoms with van der Waals surface area (Å²) in [4.78, 5) is 19.5. The highest BCUT2D eigenvalue weighted by molar-refractivity contribution is 5.46. The number of nitrogens with zero attached hydrogens (tertiary/aromatic N) is 3. The number of hydrogen-bond acceptors (Lipinski definition) is 4. The number of rotatable bonds is 2. The zero-order valence-corrected chi connectivity index (χ0v) is 14.2. The van der Waals surface area contributed by atoms with E-state index in [1.54, 1.807) is 16.7 Å². The lowest BCUT2D eigenvalue weighted by Gasteiger charge is -2.42. The molecule has 5 nitrogen and oxygen atoms in total. The van der Waals surface area contributed by atoms with Gasteiger partial charge in [-0.15, -0.1) is 0 Å². The summed E-state index contributed by atoms with van der Waals surface area (Å²) in [6, 6.07) is 5.51. The third-order valence-electron chi connectivity index (χ3n) is 5.87. The summed E-state index contributed by atoms with van der Waals surface area (Å²) in [6.07, 6.45) is 7.02. The Balaban J connectivity index is 1.60. The van der Waals surface area contributed by atoms with Gasteiger partial charge in [0.05, 0.1) is 11.8 Å². The van der Waals surface area contributed by atoms with Crippen LogP contribution in [0.4, 0.5) is 0 Å². The van der Waals surface area contributed by atoms with Crippen molar-refractivity contribution in [1.29, 1.82) is 0 Å². The molecule has 1 N–H and O–H groups in total. The molecule has 128 valence electrons. The van der Waals surface area contributed by atoms with Gasteiger partial charge >= 0.3 is 0 Å². The Labute approximate surface area is 141 Å². The first-order chi connectivity index (χ1) is 11.6. The summed E-state index contributed by atoms with van der Waals surface area (Å²) >= 11 is 0. The predicted octanol–water partition coefficient (Wildman–Crippen LogP) is 2.13. The van der Waals surface area contributed by atoms with E-state index in [2.05, 4.69) is 4.90 Å². The highest BCUT2D eigenvalue weighted by Gasteiger charge is 2.44. The number of likely N-dealkylation sites (tertiary alicyclic amines) is 1. The summed E-state index contributed by atoms with van der Waals surface area (Å²) in [6.45, 7) is 4.61. The third-order valence-corrected chi connectivity index (χ3v) is 5.87. The summed E-state index contributed by atoms with van der Waals surface area (Å²) < 4.78 is 1.61. The Kier molecular flexibility index (Phi) is 3.93. The van der Waals surface area contributed by atoms with Crippen molar-refractivity contribution < 1.29 is 5.11 Å². The number of piperidine rings is 1. The number of aromatic nitrogens is 2. The average molecular weight is 327 g/mol. The molecule has 2 aromatic rings. The lowest BCUT2D eigenvalue weighted by molar-refractivity contribution is -0.0123. The molecule has 2 fully saturated rings. The molecule has 1 aliphatic heterocycles. The summed E-state index contributed by atoms with van der Waals surface area (Å²) in [5, 5.41) is 10.4. The van der Waals surface area contributed by atoms with E-state index in [-0.39, 0.29) is 17.1 Å². The van der Waals surface area contributed by atoms with Crippen molar-refractivity contribution in [3.05, 3.63) is 46.0 Å². The maximum atomic E-state index is 12.4. The number of pyridine rings is 1. The van der Waals surface area contributed by atoms with Crippen LogP contribution in [0.2, 0.25) is 0 Å². The number of aryl methyl sites for hydroxylation is 1. The Morgan fingerprint density at radius 1 is 1.38 bits per heavy atom. The molecule has 1 aliphatic carbocycles. The second kappa shape index (κ2) is 5.97. The van der Waals surface area contributed by atoms with E-state index in [9.17, 15) is 9.90 Å². The fourth-order valence-electron chi connectivity index (χ4n) is 4.61. The van der Waals surface area contributed by atoms with Crippen molar-refractivity contribution in [2.24, 2.45) is 5.41 Å². The predicted molar refractivity (Wildman–Crippen MR) is 93.0 cm³/mol. The van der Waals surface area contributed by atoms with Gasteiger partial charge in [-0.05, 0) is 50.8 Å². The zero-order valence-electron chi connectivity index (χ0n) is 14.2. The molecular weight excluding hydrogens is 302 g/mol. The Morgan fingerprint density at radius 2 is 2.21 bits per heavy atom. The monoisotopic (exact) mass is 327 g/mol. The van der Waals surface area contributed by atoms with Gasteiger partial charge < -0.3 is 5.11 Å². The second-order valence-electron chi connectivity index (χ2n) is 7.56. The standard InChI is InChI=1S/C19H25N3O2/c1-14-5-3-10-22-17(24)11-15(20-18(14)22)12-21-9-4-8-19(13-21)7-2-6-16(19)23/h3,5,10-11,16,23H,2,4,6-9,12-13H2,1H3/t16?,19-/m1/s1. The molecule has 24 heavy (non-hydrogen) atoms. The van der Waals surface area contributed by atoms with E-state index in [1.807, 2.05) is 19.1 Å². The van der Waals surface area contributed by atoms with Gasteiger partial charge in [0.15, 0.2) is 0 Å². The van der Waals surface area contributed by atoms with Gasteiger partial charge in [-0.3, -0.25) is 14.1 Å². The minimum absolute atomic E-state index is 0.0219. The van der Waals surface area contributed by atoms with Gasteiger partial charge in [0.25, 0.3) is 5.56 Å². The Hall–Kier alpha value is -1.72. The molecule has 0 amide bonds. The molecule has 2 aliphatic rings. The minimum Gasteiger partial charge on any atom is -0.393 e. The van der Waals surface area contributed by atoms with Crippen LogP contribution in [-0.2, 0) is 6.54 Å². The van der Waals surface area contributed by atoms with Crippen molar-refractivity contribution in [3.63, 3.8) is 0 Å². The molecule has 1 saturated heterocycles. The smallest absolute Gasteiger partial charge is 0.258 e. The van der Waals surface area contributed by atoms with Crippen LogP contribution >= 0.6 is 0 Å². The molecule has 2 aromatic heterocycles. The third kappa shape index (κ3) is 2.66. The van der Waals surface area contributed by atoms with Crippen LogP contribution in [0.3, 0.4) is 0 Å². The normalized spacial score (nSPS) is 28.0. The van der Waals surface area contributed by atoms with Crippen molar-refractivity contribution in [2.75, 3.05) is 13.1 Å². The van der Waals surface area contributed by atoms with Crippen molar-refractivity contribution in [2.45, 2.75) is 51.7 Å². The van der Waals surface area contributed by atoms with Crippen LogP contribution in [0, 0.1) is 12.3 Å². The van der Waals surface area contributed by atoms with E-state index in [1.165, 1.54) is 0 Å². The molecule has 0 aromatic carbocycles. The van der Waals surface area contributed by atoms with Gasteiger partial charge in [0.2, 0.25) is 0 Å². The van der Waals surface area contributed by atoms with Crippen molar-refractivity contribution in [3.8, 4) is 0 Å². The highest BCUT2D eigenvalue weighted by atomic mass is 16.3. The van der Waals surface area contributed by atoms with Crippen molar-refractivity contribution in [1.82, 2.24) is 14.3 Å². The number of hydrogen-bond donors (Lipinski definition) is 1. The molecule has 5 heteroatoms. The molecule has 0 bridgehead atoms. The molecule has 4 rings (SSSR count). The fraction of sp³-hybridized carbons (Fsp3) is 0.579. The Bertz CT molecular complexity index is 816. The van der Waals surface area contributed by atoms with Gasteiger partial charge in [-0.2, -0.15) is 0 Å². The number of aliphatic hydroxyl groups is 1. The largest absolute Gasteiger partial charge is 0.393 e. The lowest BCUT2D eigenvalue weighted by Crippen LogP contribution is -2.46. The number of fused-ring (bicyclic) bond motifs is 1. The minimum atomic E-state index is -0.169. The summed E-state index contributed by atoms with van der Waals surface area (Å²) in [5.41, 5.74) is 2.63. The maximum Gasteiger partial charge on any atom is 0.258 e. The highest BCUT2D eigenvalue weighted by Crippen LogP contribution is 2.45. The van der Waals surface area contributed by atoms with Crippen LogP contribution in [0.5, 0.6) is 0 Å². The molecule has 1 unspecified atom stereocenters. The topological polar surface area (TPSA) is 57.8 Å². The van der Waals surface area contributed by atoms with Crippen LogP contribution in [0.1, 0.15) is 43.4 Å². The molecular formula is C19H25N3O2. The van der Waals surface area contributed by atoms with E-state index < -0.39 is 0 Å². The SMILES string of the molecule is Cc1cccn2c(=O)cc(CN3CCC[C@]4(CCCC4O)C3)nc12. The first kappa shape index (κ1) is 15.8. The quantitative estimate of drug-likeness (QED) is 0.918. The maximum absolute atomic E-state index is 12.4. The Morgan fingerprint density at radius 3 is 3.00 bits per heavy atom. The van der Waals surface area contributed by atoms with Crippen LogP contribution in [0.25, 0.3) is 5.65 Å².